The van der Waals surface area contributed by atoms with Gasteiger partial charge in [0.15, 0.2) is 0 Å². The minimum Gasteiger partial charge on any atom is -0.354 e. The topological polar surface area (TPSA) is 63.8 Å². The average Bonchev–Trinajstić information content (AvgIpc) is 2.15. The van der Waals surface area contributed by atoms with E-state index in [0.29, 0.717) is 5.95 Å². The van der Waals surface area contributed by atoms with Crippen molar-refractivity contribution in [3.05, 3.63) is 16.0 Å². The molecule has 0 aromatic carbocycles. The predicted octanol–water partition coefficient (Wildman–Crippen LogP) is 1.23. The first-order valence-electron chi connectivity index (χ1n) is 4.24. The fourth-order valence-electron chi connectivity index (χ4n) is 0.873. The van der Waals surface area contributed by atoms with E-state index in [0.717, 1.165) is 29.5 Å². The van der Waals surface area contributed by atoms with Crippen LogP contribution in [-0.2, 0) is 0 Å². The summed E-state index contributed by atoms with van der Waals surface area (Å²) in [7, 11) is 0. The first-order valence-corrected chi connectivity index (χ1v) is 5.32. The molecule has 4 nitrogen and oxygen atoms in total. The molecule has 0 radical (unpaired) electrons. The summed E-state index contributed by atoms with van der Waals surface area (Å²) in [6.45, 7) is 1.63. The molecular weight excluding hydrogens is 279 g/mol. The molecule has 0 saturated carbocycles. The maximum absolute atomic E-state index is 5.37. The van der Waals surface area contributed by atoms with E-state index in [2.05, 4.69) is 37.9 Å². The van der Waals surface area contributed by atoms with Crippen LogP contribution in [0.5, 0.6) is 0 Å². The standard InChI is InChI=1S/C8H13IN4/c9-7-5-12-8(13-6-7)11-4-2-1-3-10/h5-6H,1-4,10H2,(H,11,12,13). The number of hydrogen-bond donors (Lipinski definition) is 2. The Morgan fingerprint density at radius 2 is 2.00 bits per heavy atom. The van der Waals surface area contributed by atoms with Gasteiger partial charge in [0.2, 0.25) is 5.95 Å². The van der Waals surface area contributed by atoms with Crippen LogP contribution >= 0.6 is 22.6 Å². The zero-order valence-corrected chi connectivity index (χ0v) is 9.49. The van der Waals surface area contributed by atoms with E-state index in [9.17, 15) is 0 Å². The van der Waals surface area contributed by atoms with Gasteiger partial charge in [0.05, 0.1) is 0 Å². The molecule has 0 aliphatic rings. The number of halogens is 1. The van der Waals surface area contributed by atoms with Gasteiger partial charge in [-0.2, -0.15) is 0 Å². The normalized spacial score (nSPS) is 10.0. The van der Waals surface area contributed by atoms with Crippen LogP contribution in [0.2, 0.25) is 0 Å². The zero-order chi connectivity index (χ0) is 9.52. The van der Waals surface area contributed by atoms with Crippen molar-refractivity contribution in [3.8, 4) is 0 Å². The number of hydrogen-bond acceptors (Lipinski definition) is 4. The molecular formula is C8H13IN4. The largest absolute Gasteiger partial charge is 0.354 e. The van der Waals surface area contributed by atoms with E-state index in [1.807, 2.05) is 0 Å². The number of unbranched alkanes of at least 4 members (excludes halogenated alkanes) is 1. The van der Waals surface area contributed by atoms with Gasteiger partial charge < -0.3 is 11.1 Å². The molecule has 72 valence electrons. The molecule has 1 rings (SSSR count). The Morgan fingerprint density at radius 3 is 2.62 bits per heavy atom. The Bertz CT molecular complexity index is 236. The first-order chi connectivity index (χ1) is 6.33. The number of rotatable bonds is 5. The van der Waals surface area contributed by atoms with E-state index in [-0.39, 0.29) is 0 Å². The molecule has 0 bridgehead atoms. The average molecular weight is 292 g/mol. The maximum Gasteiger partial charge on any atom is 0.222 e. The molecule has 0 unspecified atom stereocenters. The van der Waals surface area contributed by atoms with Crippen LogP contribution in [0.3, 0.4) is 0 Å². The summed E-state index contributed by atoms with van der Waals surface area (Å²) in [5, 5.41) is 3.13. The minimum absolute atomic E-state index is 0.692. The molecule has 0 aliphatic carbocycles. The minimum atomic E-state index is 0.692. The highest BCUT2D eigenvalue weighted by Crippen LogP contribution is 2.02. The van der Waals surface area contributed by atoms with Gasteiger partial charge in [0.25, 0.3) is 0 Å². The number of nitrogens with one attached hydrogen (secondary N) is 1. The molecule has 0 aliphatic heterocycles. The van der Waals surface area contributed by atoms with E-state index in [1.165, 1.54) is 0 Å². The van der Waals surface area contributed by atoms with Crippen LogP contribution in [0.25, 0.3) is 0 Å². The Morgan fingerprint density at radius 1 is 1.31 bits per heavy atom. The molecule has 0 amide bonds. The number of anilines is 1. The van der Waals surface area contributed by atoms with Crippen LogP contribution < -0.4 is 11.1 Å². The van der Waals surface area contributed by atoms with Crippen molar-refractivity contribution in [1.82, 2.24) is 9.97 Å². The molecule has 5 heteroatoms. The van der Waals surface area contributed by atoms with Gasteiger partial charge in [-0.25, -0.2) is 9.97 Å². The van der Waals surface area contributed by atoms with E-state index < -0.39 is 0 Å². The van der Waals surface area contributed by atoms with Crippen molar-refractivity contribution < 1.29 is 0 Å². The lowest BCUT2D eigenvalue weighted by molar-refractivity contribution is 0.769. The molecule has 13 heavy (non-hydrogen) atoms. The highest BCUT2D eigenvalue weighted by Gasteiger charge is 1.93. The third-order valence-corrected chi connectivity index (χ3v) is 2.09. The monoisotopic (exact) mass is 292 g/mol. The molecule has 0 fully saturated rings. The van der Waals surface area contributed by atoms with Gasteiger partial charge in [0.1, 0.15) is 0 Å². The number of nitrogens with two attached hydrogens (primary N) is 1. The fraction of sp³-hybridized carbons (Fsp3) is 0.500. The van der Waals surface area contributed by atoms with Crippen molar-refractivity contribution in [2.24, 2.45) is 5.73 Å². The second-order valence-corrected chi connectivity index (χ2v) is 3.89. The number of aromatic nitrogens is 2. The Hall–Kier alpha value is -0.430. The van der Waals surface area contributed by atoms with Crippen LogP contribution in [0.4, 0.5) is 5.95 Å². The Labute approximate surface area is 91.5 Å². The third kappa shape index (κ3) is 4.37. The van der Waals surface area contributed by atoms with Crippen LogP contribution in [0, 0.1) is 3.57 Å². The van der Waals surface area contributed by atoms with E-state index >= 15 is 0 Å². The summed E-state index contributed by atoms with van der Waals surface area (Å²) < 4.78 is 1.05. The molecule has 0 spiro atoms. The summed E-state index contributed by atoms with van der Waals surface area (Å²) in [5.74, 6) is 0.692. The van der Waals surface area contributed by atoms with Gasteiger partial charge in [-0.05, 0) is 42.0 Å². The summed E-state index contributed by atoms with van der Waals surface area (Å²) in [5.41, 5.74) is 5.37. The smallest absolute Gasteiger partial charge is 0.222 e. The molecule has 1 heterocycles. The van der Waals surface area contributed by atoms with Crippen molar-refractivity contribution in [1.29, 1.82) is 0 Å². The molecule has 1 aromatic rings. The van der Waals surface area contributed by atoms with Crippen LogP contribution in [0.1, 0.15) is 12.8 Å². The quantitative estimate of drug-likeness (QED) is 0.633. The van der Waals surface area contributed by atoms with Gasteiger partial charge in [-0.15, -0.1) is 0 Å². The van der Waals surface area contributed by atoms with Crippen LogP contribution in [-0.4, -0.2) is 23.1 Å². The SMILES string of the molecule is NCCCCNc1ncc(I)cn1. The maximum atomic E-state index is 5.37. The summed E-state index contributed by atoms with van der Waals surface area (Å²) in [4.78, 5) is 8.23. The van der Waals surface area contributed by atoms with Gasteiger partial charge in [0, 0.05) is 22.5 Å². The Balaban J connectivity index is 2.25. The van der Waals surface area contributed by atoms with Crippen LogP contribution in [0.15, 0.2) is 12.4 Å². The van der Waals surface area contributed by atoms with Crippen molar-refractivity contribution in [3.63, 3.8) is 0 Å². The lowest BCUT2D eigenvalue weighted by atomic mass is 10.3. The van der Waals surface area contributed by atoms with Gasteiger partial charge in [-0.1, -0.05) is 0 Å². The summed E-state index contributed by atoms with van der Waals surface area (Å²) >= 11 is 2.18. The third-order valence-electron chi connectivity index (χ3n) is 1.53. The fourth-order valence-corrected chi connectivity index (χ4v) is 1.15. The van der Waals surface area contributed by atoms with Crippen molar-refractivity contribution in [2.45, 2.75) is 12.8 Å². The van der Waals surface area contributed by atoms with Crippen molar-refractivity contribution >= 4 is 28.5 Å². The highest BCUT2D eigenvalue weighted by atomic mass is 127. The second kappa shape index (κ2) is 6.09. The molecule has 0 saturated heterocycles. The molecule has 3 N–H and O–H groups in total. The lowest BCUT2D eigenvalue weighted by Gasteiger charge is -2.02. The van der Waals surface area contributed by atoms with E-state index in [1.54, 1.807) is 12.4 Å². The van der Waals surface area contributed by atoms with Crippen molar-refractivity contribution in [2.75, 3.05) is 18.4 Å². The molecule has 0 atom stereocenters. The second-order valence-electron chi connectivity index (χ2n) is 2.65. The summed E-state index contributed by atoms with van der Waals surface area (Å²) in [6, 6.07) is 0. The first kappa shape index (κ1) is 10.6. The zero-order valence-electron chi connectivity index (χ0n) is 7.33. The van der Waals surface area contributed by atoms with E-state index in [4.69, 9.17) is 5.73 Å². The van der Waals surface area contributed by atoms with Gasteiger partial charge in [-0.3, -0.25) is 0 Å². The summed E-state index contributed by atoms with van der Waals surface area (Å²) in [6.07, 6.45) is 5.68. The number of nitrogens with zero attached hydrogens (tertiary/aromatic N) is 2. The highest BCUT2D eigenvalue weighted by molar-refractivity contribution is 14.1. The Kier molecular flexibility index (Phi) is 4.99. The predicted molar refractivity (Wildman–Crippen MR) is 61.5 cm³/mol. The molecule has 1 aromatic heterocycles. The van der Waals surface area contributed by atoms with Gasteiger partial charge >= 0.3 is 0 Å². The lowest BCUT2D eigenvalue weighted by Crippen LogP contribution is -2.07.